The maximum absolute atomic E-state index is 5.56. The summed E-state index contributed by atoms with van der Waals surface area (Å²) in [5.74, 6) is 1.83. The van der Waals surface area contributed by atoms with E-state index in [-0.39, 0.29) is 6.04 Å². The zero-order valence-corrected chi connectivity index (χ0v) is 18.1. The number of fused-ring (bicyclic) bond motifs is 3. The number of benzene rings is 3. The quantitative estimate of drug-likeness (QED) is 0.508. The molecule has 0 spiro atoms. The van der Waals surface area contributed by atoms with Crippen molar-refractivity contribution in [2.24, 2.45) is 10.9 Å². The number of methoxy groups -OCH3 is 1. The van der Waals surface area contributed by atoms with Crippen LogP contribution in [0.3, 0.4) is 0 Å². The van der Waals surface area contributed by atoms with Crippen molar-refractivity contribution in [1.29, 1.82) is 0 Å². The molecule has 2 unspecified atom stereocenters. The summed E-state index contributed by atoms with van der Waals surface area (Å²) in [4.78, 5) is 7.94. The predicted octanol–water partition coefficient (Wildman–Crippen LogP) is 5.41. The van der Waals surface area contributed by atoms with Crippen molar-refractivity contribution in [3.05, 3.63) is 102 Å². The first kappa shape index (κ1) is 20.0. The Morgan fingerprint density at radius 3 is 2.03 bits per heavy atom. The Bertz CT molecular complexity index is 970. The van der Waals surface area contributed by atoms with Crippen LogP contribution >= 0.6 is 0 Å². The van der Waals surface area contributed by atoms with Crippen LogP contribution in [0, 0.1) is 5.92 Å². The van der Waals surface area contributed by atoms with Crippen LogP contribution in [0.25, 0.3) is 0 Å². The Morgan fingerprint density at radius 1 is 0.839 bits per heavy atom. The van der Waals surface area contributed by atoms with Gasteiger partial charge in [-0.3, -0.25) is 9.89 Å². The van der Waals surface area contributed by atoms with E-state index in [2.05, 4.69) is 77.7 Å². The van der Waals surface area contributed by atoms with Gasteiger partial charge >= 0.3 is 0 Å². The molecule has 0 amide bonds. The number of piperidine rings is 3. The van der Waals surface area contributed by atoms with Crippen LogP contribution in [-0.4, -0.2) is 43.4 Å². The SMILES string of the molecule is COc1ccccc1C=NC1C2CCN(CC2)C1C(c1ccccc1)c1ccccc1. The number of para-hydroxylation sites is 1. The molecule has 3 saturated heterocycles. The van der Waals surface area contributed by atoms with Crippen LogP contribution in [-0.2, 0) is 0 Å². The first-order valence-corrected chi connectivity index (χ1v) is 11.4. The van der Waals surface area contributed by atoms with Crippen LogP contribution in [0.15, 0.2) is 89.9 Å². The standard InChI is InChI=1S/C28H30N2O/c1-31-25-15-9-8-14-24(25)20-29-27-23-16-18-30(19-17-23)28(27)26(21-10-4-2-5-11-21)22-12-6-3-7-13-22/h2-15,20,23,26-28H,16-19H2,1H3. The Labute approximate surface area is 185 Å². The van der Waals surface area contributed by atoms with Gasteiger partial charge in [0.15, 0.2) is 0 Å². The fraction of sp³-hybridized carbons (Fsp3) is 0.321. The average molecular weight is 411 g/mol. The van der Waals surface area contributed by atoms with E-state index in [1.165, 1.54) is 37.1 Å². The summed E-state index contributed by atoms with van der Waals surface area (Å²) < 4.78 is 5.56. The lowest BCUT2D eigenvalue weighted by Crippen LogP contribution is -2.59. The molecule has 2 atom stereocenters. The van der Waals surface area contributed by atoms with Gasteiger partial charge in [0.05, 0.1) is 13.2 Å². The smallest absolute Gasteiger partial charge is 0.127 e. The molecule has 3 fully saturated rings. The lowest BCUT2D eigenvalue weighted by molar-refractivity contribution is 0.0215. The van der Waals surface area contributed by atoms with Crippen LogP contribution in [0.1, 0.15) is 35.4 Å². The molecule has 0 radical (unpaired) electrons. The Morgan fingerprint density at radius 2 is 1.42 bits per heavy atom. The van der Waals surface area contributed by atoms with Gasteiger partial charge in [-0.15, -0.1) is 0 Å². The number of hydrogen-bond acceptors (Lipinski definition) is 3. The van der Waals surface area contributed by atoms with E-state index in [1.54, 1.807) is 7.11 Å². The zero-order chi connectivity index (χ0) is 21.0. The molecular weight excluding hydrogens is 380 g/mol. The van der Waals surface area contributed by atoms with E-state index >= 15 is 0 Å². The zero-order valence-electron chi connectivity index (χ0n) is 18.1. The minimum atomic E-state index is 0.276. The van der Waals surface area contributed by atoms with Gasteiger partial charge in [0.25, 0.3) is 0 Å². The molecule has 0 N–H and O–H groups in total. The molecule has 31 heavy (non-hydrogen) atoms. The third-order valence-electron chi connectivity index (χ3n) is 7.01. The van der Waals surface area contributed by atoms with Crippen molar-refractivity contribution < 1.29 is 4.74 Å². The second kappa shape index (κ2) is 9.07. The van der Waals surface area contributed by atoms with Gasteiger partial charge in [-0.25, -0.2) is 0 Å². The first-order chi connectivity index (χ1) is 15.3. The topological polar surface area (TPSA) is 24.8 Å². The first-order valence-electron chi connectivity index (χ1n) is 11.4. The lowest BCUT2D eigenvalue weighted by Gasteiger charge is -2.52. The second-order valence-corrected chi connectivity index (χ2v) is 8.67. The van der Waals surface area contributed by atoms with Crippen LogP contribution < -0.4 is 4.74 Å². The van der Waals surface area contributed by atoms with Gasteiger partial charge in [-0.1, -0.05) is 72.8 Å². The van der Waals surface area contributed by atoms with Crippen molar-refractivity contribution in [3.8, 4) is 5.75 Å². The highest BCUT2D eigenvalue weighted by Crippen LogP contribution is 2.43. The number of ether oxygens (including phenoxy) is 1. The van der Waals surface area contributed by atoms with Crippen molar-refractivity contribution in [3.63, 3.8) is 0 Å². The number of hydrogen-bond donors (Lipinski definition) is 0. The van der Waals surface area contributed by atoms with Crippen LogP contribution in [0.5, 0.6) is 5.75 Å². The Hall–Kier alpha value is -2.91. The lowest BCUT2D eigenvalue weighted by atomic mass is 9.71. The number of aliphatic imine (C=N–C) groups is 1. The maximum atomic E-state index is 5.56. The Kier molecular flexibility index (Phi) is 5.86. The predicted molar refractivity (Wildman–Crippen MR) is 127 cm³/mol. The summed E-state index contributed by atoms with van der Waals surface area (Å²) >= 11 is 0. The summed E-state index contributed by atoms with van der Waals surface area (Å²) in [6.07, 6.45) is 4.52. The van der Waals surface area contributed by atoms with Gasteiger partial charge in [-0.2, -0.15) is 0 Å². The fourth-order valence-corrected chi connectivity index (χ4v) is 5.52. The van der Waals surface area contributed by atoms with Gasteiger partial charge in [0.2, 0.25) is 0 Å². The number of nitrogens with zero attached hydrogens (tertiary/aromatic N) is 2. The summed E-state index contributed by atoms with van der Waals surface area (Å²) in [5, 5.41) is 0. The van der Waals surface area contributed by atoms with E-state index in [0.29, 0.717) is 17.9 Å². The van der Waals surface area contributed by atoms with E-state index in [4.69, 9.17) is 9.73 Å². The molecular formula is C28H30N2O. The summed E-state index contributed by atoms with van der Waals surface area (Å²) in [6.45, 7) is 2.35. The highest BCUT2D eigenvalue weighted by molar-refractivity contribution is 5.83. The fourth-order valence-electron chi connectivity index (χ4n) is 5.52. The molecule has 158 valence electrons. The highest BCUT2D eigenvalue weighted by atomic mass is 16.5. The Balaban J connectivity index is 1.56. The van der Waals surface area contributed by atoms with E-state index in [1.807, 2.05) is 18.3 Å². The van der Waals surface area contributed by atoms with E-state index < -0.39 is 0 Å². The summed E-state index contributed by atoms with van der Waals surface area (Å²) in [5.41, 5.74) is 3.81. The minimum Gasteiger partial charge on any atom is -0.496 e. The second-order valence-electron chi connectivity index (χ2n) is 8.67. The third kappa shape index (κ3) is 4.03. The third-order valence-corrected chi connectivity index (χ3v) is 7.01. The molecule has 0 aromatic heterocycles. The van der Waals surface area contributed by atoms with E-state index in [0.717, 1.165) is 11.3 Å². The van der Waals surface area contributed by atoms with E-state index in [9.17, 15) is 0 Å². The van der Waals surface area contributed by atoms with Crippen LogP contribution in [0.4, 0.5) is 0 Å². The van der Waals surface area contributed by atoms with Crippen molar-refractivity contribution in [1.82, 2.24) is 4.90 Å². The van der Waals surface area contributed by atoms with Gasteiger partial charge < -0.3 is 4.74 Å². The molecule has 3 aromatic rings. The maximum Gasteiger partial charge on any atom is 0.127 e. The normalized spacial score (nSPS) is 25.2. The molecule has 3 heterocycles. The molecule has 3 nitrogen and oxygen atoms in total. The summed E-state index contributed by atoms with van der Waals surface area (Å²) in [7, 11) is 1.73. The molecule has 2 bridgehead atoms. The van der Waals surface area contributed by atoms with Gasteiger partial charge in [-0.05, 0) is 55.1 Å². The molecule has 3 heteroatoms. The van der Waals surface area contributed by atoms with Crippen molar-refractivity contribution in [2.45, 2.75) is 30.8 Å². The molecule has 3 aliphatic rings. The average Bonchev–Trinajstić information content (AvgIpc) is 2.85. The monoisotopic (exact) mass is 410 g/mol. The minimum absolute atomic E-state index is 0.276. The highest BCUT2D eigenvalue weighted by Gasteiger charge is 2.46. The summed E-state index contributed by atoms with van der Waals surface area (Å²) in [6, 6.07) is 30.8. The van der Waals surface area contributed by atoms with Crippen molar-refractivity contribution >= 4 is 6.21 Å². The molecule has 6 rings (SSSR count). The molecule has 3 aliphatic heterocycles. The van der Waals surface area contributed by atoms with Crippen molar-refractivity contribution in [2.75, 3.05) is 20.2 Å². The number of rotatable bonds is 6. The van der Waals surface area contributed by atoms with Gasteiger partial charge in [0, 0.05) is 23.7 Å². The molecule has 0 aliphatic carbocycles. The molecule has 0 saturated carbocycles. The van der Waals surface area contributed by atoms with Gasteiger partial charge in [0.1, 0.15) is 5.75 Å². The van der Waals surface area contributed by atoms with Crippen LogP contribution in [0.2, 0.25) is 0 Å². The molecule has 3 aromatic carbocycles. The largest absolute Gasteiger partial charge is 0.496 e.